The van der Waals surface area contributed by atoms with Gasteiger partial charge in [0.2, 0.25) is 0 Å². The van der Waals surface area contributed by atoms with E-state index in [0.29, 0.717) is 0 Å². The quantitative estimate of drug-likeness (QED) is 0.502. The van der Waals surface area contributed by atoms with Crippen LogP contribution in [0.25, 0.3) is 0 Å². The van der Waals surface area contributed by atoms with Gasteiger partial charge in [-0.1, -0.05) is 18.2 Å². The molecule has 15 heavy (non-hydrogen) atoms. The van der Waals surface area contributed by atoms with Gasteiger partial charge in [-0.25, -0.2) is 8.42 Å². The Hall–Kier alpha value is 0.300. The van der Waals surface area contributed by atoms with E-state index in [1.54, 1.807) is 22.4 Å². The fourth-order valence-corrected chi connectivity index (χ4v) is 1.52. The standard InChI is InChI=1S/C6H6ClNO2S.Na.3H2O/c7-8-11(9,10)6-4-2-1-3-5-6;;;;/h1-5,8H;;3*1H2. The molecule has 0 heterocycles. The zero-order valence-corrected chi connectivity index (χ0v) is 11.6. The molecule has 9 heteroatoms. The maximum atomic E-state index is 11.0. The Morgan fingerprint density at radius 3 is 1.73 bits per heavy atom. The maximum absolute atomic E-state index is 11.0. The normalized spacial score (nSPS) is 8.33. The number of halogens is 1. The molecule has 0 amide bonds. The first-order chi connectivity index (χ1) is 5.17. The minimum Gasteiger partial charge on any atom is -0.412 e. The molecule has 0 aromatic heterocycles. The van der Waals surface area contributed by atoms with Crippen molar-refractivity contribution in [3.05, 3.63) is 30.3 Å². The first-order valence-electron chi connectivity index (χ1n) is 2.84. The van der Waals surface area contributed by atoms with Gasteiger partial charge in [-0.2, -0.15) is 0 Å². The Morgan fingerprint density at radius 1 is 1.00 bits per heavy atom. The number of sulfonamides is 1. The topological polar surface area (TPSA) is 141 Å². The minimum atomic E-state index is -3.48. The zero-order chi connectivity index (χ0) is 8.32. The molecule has 0 aliphatic carbocycles. The van der Waals surface area contributed by atoms with E-state index in [0.717, 1.165) is 0 Å². The summed E-state index contributed by atoms with van der Waals surface area (Å²) in [4.78, 5) is 0.162. The van der Waals surface area contributed by atoms with E-state index < -0.39 is 10.0 Å². The van der Waals surface area contributed by atoms with Crippen LogP contribution < -0.4 is 4.24 Å². The van der Waals surface area contributed by atoms with Crippen molar-refractivity contribution in [3.8, 4) is 0 Å². The molecule has 1 aromatic rings. The summed E-state index contributed by atoms with van der Waals surface area (Å²) >= 11 is 4.99. The van der Waals surface area contributed by atoms with Gasteiger partial charge in [0.25, 0.3) is 10.0 Å². The molecule has 0 unspecified atom stereocenters. The summed E-state index contributed by atoms with van der Waals surface area (Å²) < 4.78 is 23.6. The molecule has 0 atom stereocenters. The van der Waals surface area contributed by atoms with Crippen LogP contribution in [-0.4, -0.2) is 54.4 Å². The summed E-state index contributed by atoms with van der Waals surface area (Å²) in [5.74, 6) is 0. The van der Waals surface area contributed by atoms with Crippen molar-refractivity contribution in [1.82, 2.24) is 4.24 Å². The van der Waals surface area contributed by atoms with Gasteiger partial charge in [-0.05, 0) is 23.9 Å². The Balaban J connectivity index is -0.000000151. The molecule has 0 fully saturated rings. The van der Waals surface area contributed by atoms with E-state index in [9.17, 15) is 8.42 Å². The van der Waals surface area contributed by atoms with Crippen LogP contribution in [0, 0.1) is 0 Å². The molecule has 6 nitrogen and oxygen atoms in total. The summed E-state index contributed by atoms with van der Waals surface area (Å²) in [6, 6.07) is 7.91. The smallest absolute Gasteiger partial charge is 0.253 e. The van der Waals surface area contributed by atoms with Crippen LogP contribution in [0.5, 0.6) is 0 Å². The van der Waals surface area contributed by atoms with Crippen molar-refractivity contribution in [2.75, 3.05) is 0 Å². The van der Waals surface area contributed by atoms with Crippen LogP contribution in [-0.2, 0) is 10.0 Å². The summed E-state index contributed by atoms with van der Waals surface area (Å²) in [5.41, 5.74) is 0. The van der Waals surface area contributed by atoms with E-state index in [1.807, 2.05) is 0 Å². The predicted molar refractivity (Wildman–Crippen MR) is 59.2 cm³/mol. The average Bonchev–Trinajstić information content (AvgIpc) is 2.06. The Morgan fingerprint density at radius 2 is 1.40 bits per heavy atom. The van der Waals surface area contributed by atoms with E-state index >= 15 is 0 Å². The Bertz CT molecular complexity index is 333. The van der Waals surface area contributed by atoms with Crippen molar-refractivity contribution in [1.29, 1.82) is 0 Å². The third-order valence-corrected chi connectivity index (χ3v) is 2.86. The second kappa shape index (κ2) is 10.8. The molecule has 85 valence electrons. The summed E-state index contributed by atoms with van der Waals surface area (Å²) in [6.45, 7) is 0. The van der Waals surface area contributed by atoms with Gasteiger partial charge in [0.15, 0.2) is 0 Å². The maximum Gasteiger partial charge on any atom is 0.253 e. The van der Waals surface area contributed by atoms with Crippen LogP contribution >= 0.6 is 11.8 Å². The van der Waals surface area contributed by atoms with Crippen LogP contribution in [0.2, 0.25) is 0 Å². The van der Waals surface area contributed by atoms with Gasteiger partial charge in [0, 0.05) is 29.6 Å². The van der Waals surface area contributed by atoms with Crippen molar-refractivity contribution in [2.24, 2.45) is 0 Å². The summed E-state index contributed by atoms with van der Waals surface area (Å²) in [6.07, 6.45) is 0. The fourth-order valence-electron chi connectivity index (χ4n) is 0.644. The third-order valence-electron chi connectivity index (χ3n) is 1.16. The molecule has 0 bridgehead atoms. The Kier molecular flexibility index (Phi) is 17.7. The minimum absolute atomic E-state index is 0. The first-order valence-corrected chi connectivity index (χ1v) is 4.70. The molecule has 0 aliphatic rings. The molecule has 0 saturated heterocycles. The second-order valence-corrected chi connectivity index (χ2v) is 3.99. The molecule has 0 aliphatic heterocycles. The van der Waals surface area contributed by atoms with Crippen molar-refractivity contribution in [3.63, 3.8) is 0 Å². The molecule has 0 saturated carbocycles. The summed E-state index contributed by atoms with van der Waals surface area (Å²) in [5, 5.41) is 0. The molecule has 1 aromatic carbocycles. The Labute approximate surface area is 115 Å². The van der Waals surface area contributed by atoms with E-state index in [2.05, 4.69) is 0 Å². The predicted octanol–water partition coefficient (Wildman–Crippen LogP) is -1.74. The van der Waals surface area contributed by atoms with Crippen LogP contribution in [0.3, 0.4) is 0 Å². The van der Waals surface area contributed by atoms with Gasteiger partial charge in [-0.15, -0.1) is 4.24 Å². The number of benzene rings is 1. The van der Waals surface area contributed by atoms with Crippen LogP contribution in [0.15, 0.2) is 35.2 Å². The van der Waals surface area contributed by atoms with Crippen LogP contribution in [0.4, 0.5) is 0 Å². The number of hydrogen-bond donors (Lipinski definition) is 1. The van der Waals surface area contributed by atoms with E-state index in [1.165, 1.54) is 12.1 Å². The van der Waals surface area contributed by atoms with Gasteiger partial charge >= 0.3 is 0 Å². The second-order valence-electron chi connectivity index (χ2n) is 1.89. The molecule has 0 spiro atoms. The number of rotatable bonds is 2. The van der Waals surface area contributed by atoms with Crippen molar-refractivity contribution >= 4 is 51.4 Å². The SMILES string of the molecule is O.O.O.O=S(=O)(NCl)c1ccccc1.[Na]. The molecule has 1 rings (SSSR count). The van der Waals surface area contributed by atoms with Gasteiger partial charge < -0.3 is 16.4 Å². The largest absolute Gasteiger partial charge is 0.412 e. The van der Waals surface area contributed by atoms with Crippen molar-refractivity contribution < 1.29 is 24.8 Å². The van der Waals surface area contributed by atoms with Gasteiger partial charge in [-0.3, -0.25) is 0 Å². The average molecular weight is 269 g/mol. The number of nitrogens with one attached hydrogen (secondary N) is 1. The van der Waals surface area contributed by atoms with E-state index in [4.69, 9.17) is 11.8 Å². The fraction of sp³-hybridized carbons (Fsp3) is 0. The first kappa shape index (κ1) is 24.5. The van der Waals surface area contributed by atoms with E-state index in [-0.39, 0.29) is 50.9 Å². The van der Waals surface area contributed by atoms with Gasteiger partial charge in [0.1, 0.15) is 0 Å². The molecule has 1 radical (unpaired) electrons. The molecule has 7 N–H and O–H groups in total. The van der Waals surface area contributed by atoms with Crippen LogP contribution in [0.1, 0.15) is 0 Å². The summed E-state index contributed by atoms with van der Waals surface area (Å²) in [7, 11) is -3.48. The molecular formula is C6H12ClNNaO5S. The zero-order valence-electron chi connectivity index (χ0n) is 7.99. The third kappa shape index (κ3) is 7.23. The monoisotopic (exact) mass is 268 g/mol. The van der Waals surface area contributed by atoms with Crippen molar-refractivity contribution in [2.45, 2.75) is 4.90 Å². The number of hydrogen-bond acceptors (Lipinski definition) is 2. The molecular weight excluding hydrogens is 257 g/mol. The van der Waals surface area contributed by atoms with Gasteiger partial charge in [0.05, 0.1) is 4.90 Å².